The zero-order valence-corrected chi connectivity index (χ0v) is 9.79. The van der Waals surface area contributed by atoms with Crippen molar-refractivity contribution < 1.29 is 18.0 Å². The van der Waals surface area contributed by atoms with Gasteiger partial charge in [-0.05, 0) is 35.9 Å². The number of amides is 1. The van der Waals surface area contributed by atoms with E-state index in [1.807, 2.05) is 0 Å². The minimum absolute atomic E-state index is 0.0377. The van der Waals surface area contributed by atoms with Gasteiger partial charge in [0.25, 0.3) is 5.91 Å². The number of rotatable bonds is 3. The molecule has 2 aromatic rings. The molecule has 2 nitrogen and oxygen atoms in total. The van der Waals surface area contributed by atoms with E-state index in [-0.39, 0.29) is 12.1 Å². The average Bonchev–Trinajstić information content (AvgIpc) is 2.35. The molecule has 0 aromatic heterocycles. The third kappa shape index (κ3) is 3.58. The van der Waals surface area contributed by atoms with E-state index < -0.39 is 23.4 Å². The largest absolute Gasteiger partial charge is 0.348 e. The fourth-order valence-electron chi connectivity index (χ4n) is 1.63. The normalized spacial score (nSPS) is 10.3. The molecule has 0 saturated heterocycles. The summed E-state index contributed by atoms with van der Waals surface area (Å²) in [6.45, 7) is -0.0377. The predicted octanol–water partition coefficient (Wildman–Crippen LogP) is 3.03. The molecule has 0 fully saturated rings. The van der Waals surface area contributed by atoms with Gasteiger partial charge in [-0.1, -0.05) is 6.07 Å². The van der Waals surface area contributed by atoms with Gasteiger partial charge in [-0.2, -0.15) is 0 Å². The van der Waals surface area contributed by atoms with Crippen molar-refractivity contribution in [2.75, 3.05) is 0 Å². The van der Waals surface area contributed by atoms with Gasteiger partial charge in [0.05, 0.1) is 0 Å². The Morgan fingerprint density at radius 3 is 2.26 bits per heavy atom. The highest BCUT2D eigenvalue weighted by Gasteiger charge is 2.07. The Hall–Kier alpha value is -2.30. The molecule has 19 heavy (non-hydrogen) atoms. The highest BCUT2D eigenvalue weighted by atomic mass is 19.1. The number of nitrogens with one attached hydrogen (secondary N) is 1. The zero-order valence-electron chi connectivity index (χ0n) is 9.79. The molecule has 0 radical (unpaired) electrons. The quantitative estimate of drug-likeness (QED) is 0.908. The minimum Gasteiger partial charge on any atom is -0.348 e. The Kier molecular flexibility index (Phi) is 3.85. The lowest BCUT2D eigenvalue weighted by molar-refractivity contribution is 0.0950. The third-order valence-electron chi connectivity index (χ3n) is 2.46. The van der Waals surface area contributed by atoms with Gasteiger partial charge in [-0.15, -0.1) is 0 Å². The second-order valence-corrected chi connectivity index (χ2v) is 3.97. The molecule has 1 amide bonds. The summed E-state index contributed by atoms with van der Waals surface area (Å²) in [6.07, 6.45) is 0. The topological polar surface area (TPSA) is 29.1 Å². The van der Waals surface area contributed by atoms with Crippen LogP contribution in [0.2, 0.25) is 0 Å². The molecule has 98 valence electrons. The van der Waals surface area contributed by atoms with Gasteiger partial charge in [-0.25, -0.2) is 13.2 Å². The van der Waals surface area contributed by atoms with Gasteiger partial charge in [0.1, 0.15) is 17.5 Å². The van der Waals surface area contributed by atoms with Gasteiger partial charge >= 0.3 is 0 Å². The SMILES string of the molecule is O=C(NCc1cc(F)cc(F)c1)c1cccc(F)c1. The maximum atomic E-state index is 12.9. The van der Waals surface area contributed by atoms with Crippen molar-refractivity contribution in [2.45, 2.75) is 6.54 Å². The molecular formula is C14H10F3NO. The molecule has 0 spiro atoms. The molecule has 0 unspecified atom stereocenters. The number of carbonyl (C=O) groups excluding carboxylic acids is 1. The maximum Gasteiger partial charge on any atom is 0.251 e. The summed E-state index contributed by atoms with van der Waals surface area (Å²) in [5, 5.41) is 2.46. The molecular weight excluding hydrogens is 255 g/mol. The molecule has 2 rings (SSSR count). The van der Waals surface area contributed by atoms with Crippen LogP contribution in [-0.4, -0.2) is 5.91 Å². The first-order chi connectivity index (χ1) is 9.04. The van der Waals surface area contributed by atoms with Crippen LogP contribution in [-0.2, 0) is 6.54 Å². The fourth-order valence-corrected chi connectivity index (χ4v) is 1.63. The van der Waals surface area contributed by atoms with Crippen LogP contribution in [0.3, 0.4) is 0 Å². The lowest BCUT2D eigenvalue weighted by Crippen LogP contribution is -2.23. The summed E-state index contributed by atoms with van der Waals surface area (Å²) in [4.78, 5) is 11.7. The minimum atomic E-state index is -0.713. The Morgan fingerprint density at radius 1 is 0.947 bits per heavy atom. The van der Waals surface area contributed by atoms with Gasteiger partial charge in [0.15, 0.2) is 0 Å². The van der Waals surface area contributed by atoms with E-state index in [9.17, 15) is 18.0 Å². The third-order valence-corrected chi connectivity index (χ3v) is 2.46. The fraction of sp³-hybridized carbons (Fsp3) is 0.0714. The van der Waals surface area contributed by atoms with Gasteiger partial charge in [0, 0.05) is 18.2 Å². The van der Waals surface area contributed by atoms with Crippen molar-refractivity contribution >= 4 is 5.91 Å². The van der Waals surface area contributed by atoms with Gasteiger partial charge in [0.2, 0.25) is 0 Å². The second-order valence-electron chi connectivity index (χ2n) is 3.97. The van der Waals surface area contributed by atoms with E-state index in [0.717, 1.165) is 24.3 Å². The van der Waals surface area contributed by atoms with E-state index >= 15 is 0 Å². The Morgan fingerprint density at radius 2 is 1.63 bits per heavy atom. The van der Waals surface area contributed by atoms with Crippen LogP contribution in [0.4, 0.5) is 13.2 Å². The van der Waals surface area contributed by atoms with Crippen molar-refractivity contribution in [3.8, 4) is 0 Å². The van der Waals surface area contributed by atoms with Crippen LogP contribution < -0.4 is 5.32 Å². The summed E-state index contributed by atoms with van der Waals surface area (Å²) < 4.78 is 38.8. The predicted molar refractivity (Wildman–Crippen MR) is 63.9 cm³/mol. The molecule has 0 aliphatic rings. The smallest absolute Gasteiger partial charge is 0.251 e. The first kappa shape index (κ1) is 13.1. The molecule has 0 aliphatic heterocycles. The number of benzene rings is 2. The second kappa shape index (κ2) is 5.56. The van der Waals surface area contributed by atoms with E-state index in [1.165, 1.54) is 18.2 Å². The van der Waals surface area contributed by atoms with Crippen LogP contribution >= 0.6 is 0 Å². The Balaban J connectivity index is 2.04. The summed E-state index contributed by atoms with van der Waals surface area (Å²) in [5.41, 5.74) is 0.444. The first-order valence-corrected chi connectivity index (χ1v) is 5.53. The number of hydrogen-bond acceptors (Lipinski definition) is 1. The van der Waals surface area contributed by atoms with Crippen LogP contribution in [0.25, 0.3) is 0 Å². The lowest BCUT2D eigenvalue weighted by Gasteiger charge is -2.06. The van der Waals surface area contributed by atoms with E-state index in [0.29, 0.717) is 5.56 Å². The van der Waals surface area contributed by atoms with Crippen LogP contribution in [0.5, 0.6) is 0 Å². The highest BCUT2D eigenvalue weighted by Crippen LogP contribution is 2.08. The zero-order chi connectivity index (χ0) is 13.8. The molecule has 0 atom stereocenters. The number of hydrogen-bond donors (Lipinski definition) is 1. The number of halogens is 3. The molecule has 2 aromatic carbocycles. The molecule has 1 N–H and O–H groups in total. The van der Waals surface area contributed by atoms with Crippen LogP contribution in [0.15, 0.2) is 42.5 Å². The number of carbonyl (C=O) groups is 1. The van der Waals surface area contributed by atoms with Crippen LogP contribution in [0, 0.1) is 17.5 Å². The van der Waals surface area contributed by atoms with Crippen molar-refractivity contribution in [1.29, 1.82) is 0 Å². The molecule has 5 heteroatoms. The average molecular weight is 265 g/mol. The van der Waals surface area contributed by atoms with Crippen LogP contribution in [0.1, 0.15) is 15.9 Å². The van der Waals surface area contributed by atoms with E-state index in [2.05, 4.69) is 5.32 Å². The van der Waals surface area contributed by atoms with E-state index in [4.69, 9.17) is 0 Å². The van der Waals surface area contributed by atoms with Gasteiger partial charge < -0.3 is 5.32 Å². The Bertz CT molecular complexity index is 593. The maximum absolute atomic E-state index is 12.9. The highest BCUT2D eigenvalue weighted by molar-refractivity contribution is 5.94. The standard InChI is InChI=1S/C14H10F3NO/c15-11-3-1-2-10(6-11)14(19)18-8-9-4-12(16)7-13(17)5-9/h1-7H,8H2,(H,18,19). The Labute approximate surface area is 107 Å². The molecule has 0 bridgehead atoms. The molecule has 0 saturated carbocycles. The van der Waals surface area contributed by atoms with Crippen molar-refractivity contribution in [3.63, 3.8) is 0 Å². The summed E-state index contributed by atoms with van der Waals surface area (Å²) in [7, 11) is 0. The summed E-state index contributed by atoms with van der Waals surface area (Å²) in [6, 6.07) is 8.15. The van der Waals surface area contributed by atoms with E-state index in [1.54, 1.807) is 0 Å². The van der Waals surface area contributed by atoms with Gasteiger partial charge in [-0.3, -0.25) is 4.79 Å². The monoisotopic (exact) mass is 265 g/mol. The molecule has 0 heterocycles. The molecule has 0 aliphatic carbocycles. The summed E-state index contributed by atoms with van der Waals surface area (Å²) >= 11 is 0. The van der Waals surface area contributed by atoms with Crippen molar-refractivity contribution in [3.05, 3.63) is 71.0 Å². The first-order valence-electron chi connectivity index (χ1n) is 5.53. The van der Waals surface area contributed by atoms with Crippen molar-refractivity contribution in [1.82, 2.24) is 5.32 Å². The lowest BCUT2D eigenvalue weighted by atomic mass is 10.2. The van der Waals surface area contributed by atoms with Crippen molar-refractivity contribution in [2.24, 2.45) is 0 Å². The summed E-state index contributed by atoms with van der Waals surface area (Å²) in [5.74, 6) is -2.46.